The van der Waals surface area contributed by atoms with Gasteiger partial charge in [0.05, 0.1) is 0 Å². The molecule has 1 heterocycles. The number of hydrogen-bond donors (Lipinski definition) is 1. The molecule has 12 heavy (non-hydrogen) atoms. The Balaban J connectivity index is 2.79. The first kappa shape index (κ1) is 9.20. The van der Waals surface area contributed by atoms with E-state index in [1.165, 1.54) is 11.1 Å². The quantitative estimate of drug-likeness (QED) is 0.743. The van der Waals surface area contributed by atoms with E-state index in [1.807, 2.05) is 12.3 Å². The van der Waals surface area contributed by atoms with Crippen LogP contribution in [0.3, 0.4) is 0 Å². The second-order valence-corrected chi connectivity index (χ2v) is 3.13. The molecule has 1 unspecified atom stereocenters. The van der Waals surface area contributed by atoms with Gasteiger partial charge in [0.25, 0.3) is 0 Å². The molecule has 0 aliphatic carbocycles. The Morgan fingerprint density at radius 3 is 2.92 bits per heavy atom. The van der Waals surface area contributed by atoms with Crippen LogP contribution in [0.15, 0.2) is 18.5 Å². The second kappa shape index (κ2) is 4.21. The molecule has 0 aliphatic heterocycles. The fraction of sp³-hybridized carbons (Fsp3) is 0.500. The third-order valence-corrected chi connectivity index (χ3v) is 2.08. The summed E-state index contributed by atoms with van der Waals surface area (Å²) >= 11 is 0. The van der Waals surface area contributed by atoms with Crippen LogP contribution in [0.25, 0.3) is 0 Å². The number of rotatable bonds is 3. The number of aromatic nitrogens is 1. The van der Waals surface area contributed by atoms with Gasteiger partial charge in [-0.3, -0.25) is 4.98 Å². The summed E-state index contributed by atoms with van der Waals surface area (Å²) in [7, 11) is 0. The van der Waals surface area contributed by atoms with E-state index >= 15 is 0 Å². The summed E-state index contributed by atoms with van der Waals surface area (Å²) in [6.45, 7) is 4.22. The lowest BCUT2D eigenvalue weighted by atomic mass is 10.0. The number of aryl methyl sites for hydroxylation is 1. The summed E-state index contributed by atoms with van der Waals surface area (Å²) < 4.78 is 0. The van der Waals surface area contributed by atoms with Crippen molar-refractivity contribution in [1.29, 1.82) is 0 Å². The Morgan fingerprint density at radius 1 is 1.58 bits per heavy atom. The maximum atomic E-state index is 5.97. The van der Waals surface area contributed by atoms with Crippen molar-refractivity contribution in [1.82, 2.24) is 4.98 Å². The smallest absolute Gasteiger partial charge is 0.0318 e. The Morgan fingerprint density at radius 2 is 2.33 bits per heavy atom. The van der Waals surface area contributed by atoms with Crippen LogP contribution >= 0.6 is 0 Å². The minimum Gasteiger partial charge on any atom is -0.324 e. The molecule has 2 N–H and O–H groups in total. The molecular weight excluding hydrogens is 148 g/mol. The van der Waals surface area contributed by atoms with E-state index in [0.717, 1.165) is 12.8 Å². The fourth-order valence-electron chi connectivity index (χ4n) is 1.33. The average molecular weight is 164 g/mol. The van der Waals surface area contributed by atoms with E-state index < -0.39 is 0 Å². The van der Waals surface area contributed by atoms with Crippen LogP contribution in [0.1, 0.15) is 36.9 Å². The van der Waals surface area contributed by atoms with E-state index in [1.54, 1.807) is 6.20 Å². The first-order chi connectivity index (χ1) is 5.75. The molecule has 1 rings (SSSR count). The van der Waals surface area contributed by atoms with Crippen LogP contribution in [0.4, 0.5) is 0 Å². The summed E-state index contributed by atoms with van der Waals surface area (Å²) in [5, 5.41) is 0. The number of pyridine rings is 1. The molecule has 1 atom stereocenters. The van der Waals surface area contributed by atoms with Gasteiger partial charge in [0.15, 0.2) is 0 Å². The maximum absolute atomic E-state index is 5.97. The van der Waals surface area contributed by atoms with E-state index in [-0.39, 0.29) is 6.04 Å². The van der Waals surface area contributed by atoms with Crippen molar-refractivity contribution in [3.8, 4) is 0 Å². The monoisotopic (exact) mass is 164 g/mol. The lowest BCUT2D eigenvalue weighted by Crippen LogP contribution is -2.11. The molecule has 0 amide bonds. The zero-order valence-electron chi connectivity index (χ0n) is 7.75. The first-order valence-corrected chi connectivity index (χ1v) is 4.41. The van der Waals surface area contributed by atoms with Crippen molar-refractivity contribution in [2.24, 2.45) is 5.73 Å². The van der Waals surface area contributed by atoms with Crippen molar-refractivity contribution in [2.75, 3.05) is 0 Å². The predicted octanol–water partition coefficient (Wildman–Crippen LogP) is 2.19. The summed E-state index contributed by atoms with van der Waals surface area (Å²) in [6, 6.07) is 2.16. The van der Waals surface area contributed by atoms with E-state index in [0.29, 0.717) is 0 Å². The SMILES string of the molecule is CCCC(N)c1cnccc1C. The van der Waals surface area contributed by atoms with Crippen molar-refractivity contribution in [3.05, 3.63) is 29.6 Å². The molecular formula is C10H16N2. The molecule has 2 nitrogen and oxygen atoms in total. The van der Waals surface area contributed by atoms with Crippen LogP contribution in [-0.4, -0.2) is 4.98 Å². The van der Waals surface area contributed by atoms with Gasteiger partial charge >= 0.3 is 0 Å². The molecule has 0 bridgehead atoms. The van der Waals surface area contributed by atoms with Gasteiger partial charge < -0.3 is 5.73 Å². The largest absolute Gasteiger partial charge is 0.324 e. The molecule has 0 fully saturated rings. The van der Waals surface area contributed by atoms with E-state index in [9.17, 15) is 0 Å². The van der Waals surface area contributed by atoms with Crippen molar-refractivity contribution < 1.29 is 0 Å². The van der Waals surface area contributed by atoms with Crippen molar-refractivity contribution in [3.63, 3.8) is 0 Å². The molecule has 1 aromatic rings. The van der Waals surface area contributed by atoms with Gasteiger partial charge in [-0.15, -0.1) is 0 Å². The topological polar surface area (TPSA) is 38.9 Å². The highest BCUT2D eigenvalue weighted by Gasteiger charge is 2.06. The molecule has 1 aromatic heterocycles. The summed E-state index contributed by atoms with van der Waals surface area (Å²) in [4.78, 5) is 4.07. The summed E-state index contributed by atoms with van der Waals surface area (Å²) in [6.07, 6.45) is 5.83. The minimum absolute atomic E-state index is 0.156. The first-order valence-electron chi connectivity index (χ1n) is 4.41. The van der Waals surface area contributed by atoms with Crippen LogP contribution < -0.4 is 5.73 Å². The molecule has 0 aliphatic rings. The van der Waals surface area contributed by atoms with E-state index in [2.05, 4.69) is 18.8 Å². The predicted molar refractivity (Wildman–Crippen MR) is 50.8 cm³/mol. The number of hydrogen-bond acceptors (Lipinski definition) is 2. The highest BCUT2D eigenvalue weighted by molar-refractivity contribution is 5.24. The molecule has 66 valence electrons. The molecule has 0 aromatic carbocycles. The van der Waals surface area contributed by atoms with Gasteiger partial charge in [0.2, 0.25) is 0 Å². The molecule has 2 heteroatoms. The molecule has 0 saturated carbocycles. The van der Waals surface area contributed by atoms with Crippen LogP contribution in [0.2, 0.25) is 0 Å². The average Bonchev–Trinajstić information content (AvgIpc) is 2.05. The van der Waals surface area contributed by atoms with Crippen molar-refractivity contribution >= 4 is 0 Å². The fourth-order valence-corrected chi connectivity index (χ4v) is 1.33. The third-order valence-electron chi connectivity index (χ3n) is 2.08. The lowest BCUT2D eigenvalue weighted by molar-refractivity contribution is 0.633. The van der Waals surface area contributed by atoms with Gasteiger partial charge in [-0.05, 0) is 30.5 Å². The van der Waals surface area contributed by atoms with Crippen molar-refractivity contribution in [2.45, 2.75) is 32.7 Å². The number of nitrogens with zero attached hydrogens (tertiary/aromatic N) is 1. The zero-order valence-corrected chi connectivity index (χ0v) is 7.75. The minimum atomic E-state index is 0.156. The van der Waals surface area contributed by atoms with Gasteiger partial charge in [-0.1, -0.05) is 13.3 Å². The van der Waals surface area contributed by atoms with Gasteiger partial charge in [0.1, 0.15) is 0 Å². The number of nitrogens with two attached hydrogens (primary N) is 1. The van der Waals surface area contributed by atoms with Crippen LogP contribution in [-0.2, 0) is 0 Å². The molecule has 0 saturated heterocycles. The molecule has 0 radical (unpaired) electrons. The highest BCUT2D eigenvalue weighted by Crippen LogP contribution is 2.17. The summed E-state index contributed by atoms with van der Waals surface area (Å²) in [5.74, 6) is 0. The van der Waals surface area contributed by atoms with Gasteiger partial charge in [0, 0.05) is 18.4 Å². The zero-order chi connectivity index (χ0) is 8.97. The Bertz CT molecular complexity index is 245. The second-order valence-electron chi connectivity index (χ2n) is 3.13. The highest BCUT2D eigenvalue weighted by atomic mass is 14.7. The lowest BCUT2D eigenvalue weighted by Gasteiger charge is -2.12. The van der Waals surface area contributed by atoms with Crippen LogP contribution in [0, 0.1) is 6.92 Å². The Labute approximate surface area is 73.8 Å². The van der Waals surface area contributed by atoms with Gasteiger partial charge in [-0.2, -0.15) is 0 Å². The van der Waals surface area contributed by atoms with Crippen LogP contribution in [0.5, 0.6) is 0 Å². The maximum Gasteiger partial charge on any atom is 0.0318 e. The van der Waals surface area contributed by atoms with E-state index in [4.69, 9.17) is 5.73 Å². The Kier molecular flexibility index (Phi) is 3.23. The molecule has 0 spiro atoms. The standard InChI is InChI=1S/C10H16N2/c1-3-4-10(11)9-7-12-6-5-8(9)2/h5-7,10H,3-4,11H2,1-2H3. The third kappa shape index (κ3) is 2.05. The van der Waals surface area contributed by atoms with Gasteiger partial charge in [-0.25, -0.2) is 0 Å². The normalized spacial score (nSPS) is 12.9. The summed E-state index contributed by atoms with van der Waals surface area (Å²) in [5.41, 5.74) is 8.39. The Hall–Kier alpha value is -0.890.